The van der Waals surface area contributed by atoms with E-state index in [1.165, 1.54) is 14.2 Å². The fraction of sp³-hybridized carbons (Fsp3) is 0.684. The van der Waals surface area contributed by atoms with E-state index in [9.17, 15) is 28.8 Å². The molecule has 0 aliphatic carbocycles. The molecule has 14 heteroatoms. The number of hydrogen-bond acceptors (Lipinski definition) is 10. The largest absolute Gasteiger partial charge is 1.00 e. The third-order valence-electron chi connectivity index (χ3n) is 4.42. The molecule has 0 spiro atoms. The van der Waals surface area contributed by atoms with Crippen LogP contribution in [0.25, 0.3) is 0 Å². The minimum atomic E-state index is -1.12. The molecule has 0 saturated carbocycles. The fourth-order valence-corrected chi connectivity index (χ4v) is 2.54. The number of quaternary nitrogens is 1. The summed E-state index contributed by atoms with van der Waals surface area (Å²) in [5, 5.41) is 4.87. The van der Waals surface area contributed by atoms with Gasteiger partial charge in [0.2, 0.25) is 11.8 Å². The van der Waals surface area contributed by atoms with Gasteiger partial charge in [-0.3, -0.25) is 14.4 Å². The number of carbonyl (C=O) groups excluding carboxylic acids is 6. The number of nitrogens with one attached hydrogen (secondary N) is 2. The molecule has 0 bridgehead atoms. The number of methoxy groups -OCH3 is 4. The molecule has 13 nitrogen and oxygen atoms in total. The maximum atomic E-state index is 12.3. The first-order valence-electron chi connectivity index (χ1n) is 9.81. The lowest BCUT2D eigenvalue weighted by Crippen LogP contribution is -3.00. The first-order chi connectivity index (χ1) is 15.1. The molecule has 0 heterocycles. The Morgan fingerprint density at radius 1 is 0.636 bits per heavy atom. The van der Waals surface area contributed by atoms with Gasteiger partial charge in [-0.15, -0.1) is 0 Å². The highest BCUT2D eigenvalue weighted by Crippen LogP contribution is 2.06. The van der Waals surface area contributed by atoms with Crippen molar-refractivity contribution < 1.29 is 65.9 Å². The second-order valence-corrected chi connectivity index (χ2v) is 6.70. The summed E-state index contributed by atoms with van der Waals surface area (Å²) >= 11 is 0. The molecule has 33 heavy (non-hydrogen) atoms. The summed E-state index contributed by atoms with van der Waals surface area (Å²) in [7, 11) is 4.67. The number of ether oxygens (including phenoxy) is 4. The van der Waals surface area contributed by atoms with E-state index in [1.54, 1.807) is 0 Å². The molecule has 0 aromatic rings. The van der Waals surface area contributed by atoms with Gasteiger partial charge in [-0.25, -0.2) is 14.4 Å². The van der Waals surface area contributed by atoms with Crippen molar-refractivity contribution in [3.05, 3.63) is 0 Å². The Labute approximate surface area is 197 Å². The molecule has 0 rings (SSSR count). The zero-order valence-corrected chi connectivity index (χ0v) is 19.9. The van der Waals surface area contributed by atoms with Crippen LogP contribution < -0.4 is 28.8 Å². The first kappa shape index (κ1) is 32.3. The van der Waals surface area contributed by atoms with Crippen molar-refractivity contribution in [2.75, 3.05) is 28.4 Å². The van der Waals surface area contributed by atoms with Gasteiger partial charge in [0.05, 0.1) is 28.4 Å². The third-order valence-corrected chi connectivity index (χ3v) is 4.42. The molecule has 0 radical (unpaired) electrons. The minimum absolute atomic E-state index is 0. The van der Waals surface area contributed by atoms with E-state index in [1.807, 2.05) is 0 Å². The normalized spacial score (nSPS) is 12.6. The molecule has 5 N–H and O–H groups in total. The molecule has 3 atom stereocenters. The second-order valence-electron chi connectivity index (χ2n) is 6.70. The highest BCUT2D eigenvalue weighted by atomic mass is 35.5. The zero-order chi connectivity index (χ0) is 24.7. The summed E-state index contributed by atoms with van der Waals surface area (Å²) < 4.78 is 18.3. The van der Waals surface area contributed by atoms with Crippen LogP contribution >= 0.6 is 0 Å². The summed E-state index contributed by atoms with van der Waals surface area (Å²) in [6.07, 6.45) is -0.481. The van der Waals surface area contributed by atoms with E-state index in [0.29, 0.717) is 0 Å². The third kappa shape index (κ3) is 13.3. The van der Waals surface area contributed by atoms with Crippen molar-refractivity contribution in [2.45, 2.75) is 56.7 Å². The van der Waals surface area contributed by atoms with Gasteiger partial charge in [0, 0.05) is 25.7 Å². The van der Waals surface area contributed by atoms with Crippen molar-refractivity contribution in [1.82, 2.24) is 10.6 Å². The first-order valence-corrected chi connectivity index (χ1v) is 9.81. The van der Waals surface area contributed by atoms with E-state index in [4.69, 9.17) is 0 Å². The molecule has 2 amide bonds. The van der Waals surface area contributed by atoms with E-state index in [0.717, 1.165) is 14.2 Å². The Morgan fingerprint density at radius 2 is 1.03 bits per heavy atom. The van der Waals surface area contributed by atoms with Gasteiger partial charge in [-0.1, -0.05) is 0 Å². The summed E-state index contributed by atoms with van der Waals surface area (Å²) in [5.41, 5.74) is 3.59. The Bertz CT molecular complexity index is 689. The van der Waals surface area contributed by atoms with Gasteiger partial charge in [0.1, 0.15) is 12.1 Å². The van der Waals surface area contributed by atoms with Crippen LogP contribution in [0, 0.1) is 0 Å². The molecule has 0 fully saturated rings. The highest BCUT2D eigenvalue weighted by molar-refractivity contribution is 5.87. The van der Waals surface area contributed by atoms with Crippen LogP contribution in [-0.2, 0) is 47.7 Å². The van der Waals surface area contributed by atoms with Gasteiger partial charge in [0.25, 0.3) is 0 Å². The zero-order valence-electron chi connectivity index (χ0n) is 19.1. The van der Waals surface area contributed by atoms with E-state index < -0.39 is 53.8 Å². The lowest BCUT2D eigenvalue weighted by Gasteiger charge is -2.18. The average Bonchev–Trinajstić information content (AvgIpc) is 2.80. The molecule has 0 aromatic carbocycles. The Morgan fingerprint density at radius 3 is 1.42 bits per heavy atom. The van der Waals surface area contributed by atoms with Gasteiger partial charge >= 0.3 is 23.9 Å². The van der Waals surface area contributed by atoms with Crippen LogP contribution in [0.1, 0.15) is 38.5 Å². The molecular formula is C19H32ClN3O10. The molecule has 0 aliphatic rings. The number of amides is 2. The summed E-state index contributed by atoms with van der Waals surface area (Å²) in [5.74, 6) is -3.76. The van der Waals surface area contributed by atoms with Crippen LogP contribution in [0.5, 0.6) is 0 Å². The lowest BCUT2D eigenvalue weighted by atomic mass is 10.1. The van der Waals surface area contributed by atoms with Gasteiger partial charge in [-0.2, -0.15) is 0 Å². The fourth-order valence-electron chi connectivity index (χ4n) is 2.54. The van der Waals surface area contributed by atoms with Crippen LogP contribution in [0.2, 0.25) is 0 Å². The van der Waals surface area contributed by atoms with Crippen molar-refractivity contribution in [3.8, 4) is 0 Å². The number of hydrogen-bond donors (Lipinski definition) is 3. The Kier molecular flexibility index (Phi) is 17.2. The predicted octanol–water partition coefficient (Wildman–Crippen LogP) is -5.40. The minimum Gasteiger partial charge on any atom is -1.00 e. The lowest BCUT2D eigenvalue weighted by molar-refractivity contribution is -0.409. The smallest absolute Gasteiger partial charge is 0.364 e. The van der Waals surface area contributed by atoms with E-state index in [2.05, 4.69) is 35.3 Å². The predicted molar refractivity (Wildman–Crippen MR) is 106 cm³/mol. The van der Waals surface area contributed by atoms with Gasteiger partial charge in [0.15, 0.2) is 6.04 Å². The molecule has 190 valence electrons. The SMILES string of the molecule is COC(=O)CC[C@H]([15NH]C(=O)CC[C@H]([15NH]C(=O)CC[C@H]([15NH3+])C(=O)OC)C(=O)OC)C(=O)OC.[Cl-]. The van der Waals surface area contributed by atoms with E-state index >= 15 is 0 Å². The molecule has 0 saturated heterocycles. The van der Waals surface area contributed by atoms with Crippen molar-refractivity contribution in [1.29, 1.82) is 0 Å². The van der Waals surface area contributed by atoms with Crippen molar-refractivity contribution >= 4 is 35.7 Å². The van der Waals surface area contributed by atoms with Gasteiger partial charge < -0.3 is 47.7 Å². The standard InChI is InChI=1S/C19H31N3O10.ClH/c1-29-16(25)10-7-13(19(28)32-4)22-15(24)9-6-12(18(27)31-3)21-14(23)8-5-11(20)17(26)30-2;/h11-13H,5-10,20H2,1-4H3,(H,21,23)(H,22,24);1H/t11-,12-,13-;/m0./s1/i20+1,21+1,22+1;. The van der Waals surface area contributed by atoms with Crippen molar-refractivity contribution in [2.24, 2.45) is 0 Å². The Balaban J connectivity index is 0. The second kappa shape index (κ2) is 17.6. The summed E-state index contributed by atoms with van der Waals surface area (Å²) in [4.78, 5) is 70.8. The monoisotopic (exact) mass is 500 g/mol. The quantitative estimate of drug-likeness (QED) is 0.118. The number of esters is 4. The summed E-state index contributed by atoms with van der Waals surface area (Å²) in [6.45, 7) is 0. The topological polar surface area (TPSA) is 191 Å². The average molecular weight is 501 g/mol. The molecule has 0 unspecified atom stereocenters. The van der Waals surface area contributed by atoms with Crippen LogP contribution in [0.15, 0.2) is 0 Å². The number of rotatable bonds is 14. The van der Waals surface area contributed by atoms with Crippen LogP contribution in [0.3, 0.4) is 0 Å². The van der Waals surface area contributed by atoms with Crippen LogP contribution in [0.4, 0.5) is 0 Å². The van der Waals surface area contributed by atoms with Crippen LogP contribution in [-0.4, -0.2) is 82.3 Å². The Hall–Kier alpha value is -2.93. The molecule has 0 aromatic heterocycles. The molecule has 0 aliphatic heterocycles. The number of halogens is 1. The van der Waals surface area contributed by atoms with Crippen molar-refractivity contribution in [3.63, 3.8) is 0 Å². The molecular weight excluding hydrogens is 469 g/mol. The maximum Gasteiger partial charge on any atom is 0.364 e. The number of carbonyl (C=O) groups is 6. The maximum absolute atomic E-state index is 12.3. The van der Waals surface area contributed by atoms with E-state index in [-0.39, 0.29) is 50.9 Å². The summed E-state index contributed by atoms with van der Waals surface area (Å²) in [6, 6.07) is -2.94. The van der Waals surface area contributed by atoms with Gasteiger partial charge in [-0.05, 0) is 12.8 Å². The highest BCUT2D eigenvalue weighted by Gasteiger charge is 2.26.